The van der Waals surface area contributed by atoms with Crippen LogP contribution in [0.3, 0.4) is 0 Å². The van der Waals surface area contributed by atoms with Crippen molar-refractivity contribution < 1.29 is 9.21 Å². The van der Waals surface area contributed by atoms with Gasteiger partial charge in [-0.05, 0) is 35.2 Å². The summed E-state index contributed by atoms with van der Waals surface area (Å²) in [7, 11) is 0. The van der Waals surface area contributed by atoms with Gasteiger partial charge in [-0.2, -0.15) is 0 Å². The molecule has 3 heterocycles. The van der Waals surface area contributed by atoms with Crippen LogP contribution in [0.4, 0.5) is 0 Å². The van der Waals surface area contributed by atoms with Crippen molar-refractivity contribution >= 4 is 17.7 Å². The zero-order valence-corrected chi connectivity index (χ0v) is 17.8. The Balaban J connectivity index is 1.33. The highest BCUT2D eigenvalue weighted by molar-refractivity contribution is 7.99. The number of benzene rings is 2. The predicted octanol–water partition coefficient (Wildman–Crippen LogP) is 4.26. The van der Waals surface area contributed by atoms with Gasteiger partial charge in [-0.1, -0.05) is 66.4 Å². The Morgan fingerprint density at radius 2 is 1.77 bits per heavy atom. The lowest BCUT2D eigenvalue weighted by atomic mass is 10.00. The second-order valence-corrected chi connectivity index (χ2v) is 8.42. The van der Waals surface area contributed by atoms with E-state index >= 15 is 0 Å². The van der Waals surface area contributed by atoms with Gasteiger partial charge in [0.2, 0.25) is 11.7 Å². The Kier molecular flexibility index (Phi) is 5.58. The number of carbonyl (C=O) groups excluding carboxylic acids is 1. The zero-order chi connectivity index (χ0) is 21.0. The number of rotatable bonds is 6. The van der Waals surface area contributed by atoms with E-state index in [0.29, 0.717) is 35.6 Å². The topological polar surface area (TPSA) is 64.2 Å². The molecule has 0 fully saturated rings. The van der Waals surface area contributed by atoms with Crippen LogP contribution < -0.4 is 0 Å². The molecule has 0 saturated carbocycles. The van der Waals surface area contributed by atoms with Crippen LogP contribution in [0.1, 0.15) is 16.7 Å². The summed E-state index contributed by atoms with van der Waals surface area (Å²) in [5.74, 6) is 1.77. The van der Waals surface area contributed by atoms with Gasteiger partial charge in [0.1, 0.15) is 0 Å². The Bertz CT molecular complexity index is 1170. The van der Waals surface area contributed by atoms with Crippen molar-refractivity contribution in [3.63, 3.8) is 0 Å². The summed E-state index contributed by atoms with van der Waals surface area (Å²) in [5.41, 5.74) is 3.71. The predicted molar refractivity (Wildman–Crippen MR) is 120 cm³/mol. The zero-order valence-electron chi connectivity index (χ0n) is 17.0. The van der Waals surface area contributed by atoms with Crippen LogP contribution in [0.25, 0.3) is 11.6 Å². The van der Waals surface area contributed by atoms with Gasteiger partial charge >= 0.3 is 0 Å². The molecule has 31 heavy (non-hydrogen) atoms. The molecule has 2 aromatic carbocycles. The maximum atomic E-state index is 12.9. The van der Waals surface area contributed by atoms with E-state index in [4.69, 9.17) is 4.42 Å². The van der Waals surface area contributed by atoms with Gasteiger partial charge in [-0.15, -0.1) is 10.2 Å². The van der Waals surface area contributed by atoms with Gasteiger partial charge in [0.05, 0.1) is 18.6 Å². The highest BCUT2D eigenvalue weighted by Gasteiger charge is 2.22. The smallest absolute Gasteiger partial charge is 0.233 e. The van der Waals surface area contributed by atoms with Crippen LogP contribution in [0.5, 0.6) is 0 Å². The highest BCUT2D eigenvalue weighted by atomic mass is 32.2. The van der Waals surface area contributed by atoms with Crippen molar-refractivity contribution in [2.24, 2.45) is 0 Å². The van der Waals surface area contributed by atoms with Crippen molar-refractivity contribution in [2.75, 3.05) is 12.3 Å². The fourth-order valence-electron chi connectivity index (χ4n) is 3.82. The van der Waals surface area contributed by atoms with E-state index in [9.17, 15) is 4.79 Å². The van der Waals surface area contributed by atoms with Gasteiger partial charge in [-0.3, -0.25) is 9.36 Å². The van der Waals surface area contributed by atoms with Crippen LogP contribution in [-0.2, 0) is 24.3 Å². The van der Waals surface area contributed by atoms with Crippen molar-refractivity contribution in [1.82, 2.24) is 19.7 Å². The molecule has 0 aliphatic carbocycles. The van der Waals surface area contributed by atoms with E-state index in [1.165, 1.54) is 22.9 Å². The molecule has 6 nitrogen and oxygen atoms in total. The summed E-state index contributed by atoms with van der Waals surface area (Å²) < 4.78 is 7.57. The monoisotopic (exact) mass is 430 g/mol. The van der Waals surface area contributed by atoms with Crippen molar-refractivity contribution in [3.8, 4) is 11.6 Å². The summed E-state index contributed by atoms with van der Waals surface area (Å²) in [4.78, 5) is 14.8. The number of thioether (sulfide) groups is 1. The first-order valence-electron chi connectivity index (χ1n) is 10.3. The van der Waals surface area contributed by atoms with Crippen molar-refractivity contribution in [3.05, 3.63) is 89.7 Å². The normalized spacial score (nSPS) is 13.2. The quantitative estimate of drug-likeness (QED) is 0.428. The minimum atomic E-state index is 0.119. The Labute approximate surface area is 184 Å². The number of hydrogen-bond donors (Lipinski definition) is 0. The summed E-state index contributed by atoms with van der Waals surface area (Å²) >= 11 is 1.42. The minimum absolute atomic E-state index is 0.119. The number of nitrogens with zero attached hydrogens (tertiary/aromatic N) is 4. The first-order chi connectivity index (χ1) is 15.3. The van der Waals surface area contributed by atoms with Gasteiger partial charge in [0, 0.05) is 13.1 Å². The summed E-state index contributed by atoms with van der Waals surface area (Å²) in [6.07, 6.45) is 2.53. The molecule has 1 aliphatic heterocycles. The number of hydrogen-bond acceptors (Lipinski definition) is 5. The second kappa shape index (κ2) is 8.81. The van der Waals surface area contributed by atoms with Gasteiger partial charge in [0.25, 0.3) is 0 Å². The average Bonchev–Trinajstić information content (AvgIpc) is 3.48. The molecule has 1 amide bonds. The van der Waals surface area contributed by atoms with E-state index in [2.05, 4.69) is 40.5 Å². The van der Waals surface area contributed by atoms with E-state index in [1.54, 1.807) is 6.26 Å². The standard InChI is InChI=1S/C24H22N4O2S/c29-22(27-13-12-19-9-4-5-10-20(19)16-27)17-31-24-26-25-23(21-11-6-14-30-21)28(24)15-18-7-2-1-3-8-18/h1-11,14H,12-13,15-17H2. The maximum Gasteiger partial charge on any atom is 0.233 e. The number of fused-ring (bicyclic) bond motifs is 1. The van der Waals surface area contributed by atoms with Crippen LogP contribution >= 0.6 is 11.8 Å². The summed E-state index contributed by atoms with van der Waals surface area (Å²) in [5, 5.41) is 9.42. The third-order valence-corrected chi connectivity index (χ3v) is 6.40. The van der Waals surface area contributed by atoms with Crippen LogP contribution in [0, 0.1) is 0 Å². The molecule has 0 unspecified atom stereocenters. The molecular weight excluding hydrogens is 408 g/mol. The van der Waals surface area contributed by atoms with E-state index in [1.807, 2.05) is 45.9 Å². The third kappa shape index (κ3) is 4.27. The molecule has 0 radical (unpaired) electrons. The molecule has 0 atom stereocenters. The molecule has 5 rings (SSSR count). The number of furan rings is 1. The molecule has 0 spiro atoms. The fraction of sp³-hybridized carbons (Fsp3) is 0.208. The molecule has 2 aromatic heterocycles. The Hall–Kier alpha value is -3.32. The number of aromatic nitrogens is 3. The lowest BCUT2D eigenvalue weighted by molar-refractivity contribution is -0.129. The first kappa shape index (κ1) is 19.6. The maximum absolute atomic E-state index is 12.9. The molecule has 0 bridgehead atoms. The largest absolute Gasteiger partial charge is 0.461 e. The van der Waals surface area contributed by atoms with E-state index in [-0.39, 0.29) is 5.91 Å². The molecule has 0 saturated heterocycles. The van der Waals surface area contributed by atoms with E-state index < -0.39 is 0 Å². The Morgan fingerprint density at radius 3 is 2.58 bits per heavy atom. The molecule has 7 heteroatoms. The van der Waals surface area contributed by atoms with Gasteiger partial charge in [0.15, 0.2) is 10.9 Å². The van der Waals surface area contributed by atoms with Crippen LogP contribution in [0.2, 0.25) is 0 Å². The van der Waals surface area contributed by atoms with Crippen molar-refractivity contribution in [1.29, 1.82) is 0 Å². The molecule has 1 aliphatic rings. The molecule has 0 N–H and O–H groups in total. The van der Waals surface area contributed by atoms with Gasteiger partial charge in [-0.25, -0.2) is 0 Å². The Morgan fingerprint density at radius 1 is 0.968 bits per heavy atom. The number of amides is 1. The second-order valence-electron chi connectivity index (χ2n) is 7.48. The SMILES string of the molecule is O=C(CSc1nnc(-c2ccco2)n1Cc1ccccc1)N1CCc2ccccc2C1. The lowest BCUT2D eigenvalue weighted by Crippen LogP contribution is -2.37. The molecule has 156 valence electrons. The summed E-state index contributed by atoms with van der Waals surface area (Å²) in [6, 6.07) is 22.2. The average molecular weight is 431 g/mol. The number of carbonyl (C=O) groups is 1. The van der Waals surface area contributed by atoms with Crippen LogP contribution in [-0.4, -0.2) is 37.9 Å². The van der Waals surface area contributed by atoms with Gasteiger partial charge < -0.3 is 9.32 Å². The fourth-order valence-corrected chi connectivity index (χ4v) is 4.66. The lowest BCUT2D eigenvalue weighted by Gasteiger charge is -2.28. The van der Waals surface area contributed by atoms with Crippen LogP contribution in [0.15, 0.2) is 82.6 Å². The minimum Gasteiger partial charge on any atom is -0.461 e. The summed E-state index contributed by atoms with van der Waals surface area (Å²) in [6.45, 7) is 2.03. The third-order valence-electron chi connectivity index (χ3n) is 5.45. The first-order valence-corrected chi connectivity index (χ1v) is 11.2. The molecular formula is C24H22N4O2S. The van der Waals surface area contributed by atoms with E-state index in [0.717, 1.165) is 18.5 Å². The van der Waals surface area contributed by atoms with Crippen molar-refractivity contribution in [2.45, 2.75) is 24.7 Å². The highest BCUT2D eigenvalue weighted by Crippen LogP contribution is 2.26. The molecule has 4 aromatic rings.